The molecule has 3 atom stereocenters. The molecule has 1 heterocycles. The SMILES string of the molecule is CC1CC(N(C)C(C)C)C2(CC2)C(O)O1. The van der Waals surface area contributed by atoms with Crippen LogP contribution in [0, 0.1) is 5.41 Å². The van der Waals surface area contributed by atoms with Crippen LogP contribution in [0.1, 0.15) is 40.0 Å². The minimum atomic E-state index is -0.549. The molecule has 15 heavy (non-hydrogen) atoms. The van der Waals surface area contributed by atoms with E-state index >= 15 is 0 Å². The Hall–Kier alpha value is -0.120. The number of nitrogens with zero attached hydrogens (tertiary/aromatic N) is 1. The molecule has 2 rings (SSSR count). The standard InChI is InChI=1S/C12H23NO2/c1-8(2)13(4)10-7-9(3)15-11(14)12(10)5-6-12/h8-11,14H,5-7H2,1-4H3. The number of aliphatic hydroxyl groups is 1. The highest BCUT2D eigenvalue weighted by molar-refractivity contribution is 5.07. The second-order valence-corrected chi connectivity index (χ2v) is 5.54. The third-order valence-corrected chi connectivity index (χ3v) is 4.21. The third kappa shape index (κ3) is 1.81. The highest BCUT2D eigenvalue weighted by Crippen LogP contribution is 2.57. The van der Waals surface area contributed by atoms with Gasteiger partial charge in [-0.1, -0.05) is 0 Å². The number of ether oxygens (including phenoxy) is 1. The van der Waals surface area contributed by atoms with Gasteiger partial charge >= 0.3 is 0 Å². The largest absolute Gasteiger partial charge is 0.367 e. The maximum absolute atomic E-state index is 10.0. The lowest BCUT2D eigenvalue weighted by Gasteiger charge is -2.45. The number of hydrogen-bond donors (Lipinski definition) is 1. The second-order valence-electron chi connectivity index (χ2n) is 5.54. The maximum atomic E-state index is 10.0. The molecule has 1 saturated heterocycles. The molecular weight excluding hydrogens is 190 g/mol. The first-order valence-corrected chi connectivity index (χ1v) is 6.03. The van der Waals surface area contributed by atoms with Gasteiger partial charge in [0.2, 0.25) is 0 Å². The van der Waals surface area contributed by atoms with Crippen LogP contribution in [0.4, 0.5) is 0 Å². The fourth-order valence-corrected chi connectivity index (χ4v) is 2.78. The van der Waals surface area contributed by atoms with E-state index < -0.39 is 6.29 Å². The summed E-state index contributed by atoms with van der Waals surface area (Å²) in [4.78, 5) is 2.40. The van der Waals surface area contributed by atoms with Crippen LogP contribution in [-0.2, 0) is 4.74 Å². The summed E-state index contributed by atoms with van der Waals surface area (Å²) in [6, 6.07) is 1.02. The molecule has 88 valence electrons. The predicted octanol–water partition coefficient (Wildman–Crippen LogP) is 1.60. The van der Waals surface area contributed by atoms with Gasteiger partial charge < -0.3 is 14.7 Å². The Kier molecular flexibility index (Phi) is 2.82. The van der Waals surface area contributed by atoms with E-state index in [1.54, 1.807) is 0 Å². The predicted molar refractivity (Wildman–Crippen MR) is 59.5 cm³/mol. The molecule has 0 amide bonds. The summed E-state index contributed by atoms with van der Waals surface area (Å²) in [6.45, 7) is 6.48. The molecular formula is C12H23NO2. The van der Waals surface area contributed by atoms with E-state index in [4.69, 9.17) is 4.74 Å². The van der Waals surface area contributed by atoms with Crippen molar-refractivity contribution in [3.8, 4) is 0 Å². The number of aliphatic hydroxyl groups excluding tert-OH is 1. The Morgan fingerprint density at radius 3 is 2.47 bits per heavy atom. The zero-order valence-electron chi connectivity index (χ0n) is 10.2. The molecule has 0 aromatic heterocycles. The minimum absolute atomic E-state index is 0.0472. The van der Waals surface area contributed by atoms with Crippen LogP contribution in [0.3, 0.4) is 0 Å². The Bertz CT molecular complexity index is 238. The van der Waals surface area contributed by atoms with Crippen molar-refractivity contribution in [2.24, 2.45) is 5.41 Å². The zero-order valence-corrected chi connectivity index (χ0v) is 10.2. The molecule has 1 aliphatic heterocycles. The zero-order chi connectivity index (χ0) is 11.2. The normalized spacial score (nSPS) is 39.0. The lowest BCUT2D eigenvalue weighted by Crippen LogP contribution is -2.53. The monoisotopic (exact) mass is 213 g/mol. The van der Waals surface area contributed by atoms with Crippen molar-refractivity contribution in [2.75, 3.05) is 7.05 Å². The van der Waals surface area contributed by atoms with E-state index in [2.05, 4.69) is 32.7 Å². The number of rotatable bonds is 2. The van der Waals surface area contributed by atoms with Crippen LogP contribution in [0.25, 0.3) is 0 Å². The highest BCUT2D eigenvalue weighted by Gasteiger charge is 2.59. The van der Waals surface area contributed by atoms with Gasteiger partial charge in [-0.3, -0.25) is 0 Å². The molecule has 1 saturated carbocycles. The van der Waals surface area contributed by atoms with Crippen LogP contribution >= 0.6 is 0 Å². The van der Waals surface area contributed by atoms with Gasteiger partial charge in [-0.25, -0.2) is 0 Å². The van der Waals surface area contributed by atoms with Crippen molar-refractivity contribution >= 4 is 0 Å². The molecule has 3 nitrogen and oxygen atoms in total. The van der Waals surface area contributed by atoms with Gasteiger partial charge in [0.05, 0.1) is 6.10 Å². The summed E-state index contributed by atoms with van der Waals surface area (Å²) in [5.41, 5.74) is 0.0472. The van der Waals surface area contributed by atoms with E-state index in [-0.39, 0.29) is 11.5 Å². The fourth-order valence-electron chi connectivity index (χ4n) is 2.78. The average Bonchev–Trinajstić information content (AvgIpc) is 2.92. The number of hydrogen-bond acceptors (Lipinski definition) is 3. The maximum Gasteiger partial charge on any atom is 0.162 e. The summed E-state index contributed by atoms with van der Waals surface area (Å²) in [7, 11) is 2.17. The lowest BCUT2D eigenvalue weighted by molar-refractivity contribution is -0.221. The molecule has 1 aliphatic carbocycles. The summed E-state index contributed by atoms with van der Waals surface area (Å²) in [5.74, 6) is 0. The average molecular weight is 213 g/mol. The first-order valence-electron chi connectivity index (χ1n) is 6.03. The highest BCUT2D eigenvalue weighted by atomic mass is 16.6. The molecule has 2 aliphatic rings. The molecule has 0 bridgehead atoms. The van der Waals surface area contributed by atoms with Gasteiger partial charge in [0.15, 0.2) is 6.29 Å². The fraction of sp³-hybridized carbons (Fsp3) is 1.00. The molecule has 3 heteroatoms. The van der Waals surface area contributed by atoms with Crippen molar-refractivity contribution in [3.05, 3.63) is 0 Å². The van der Waals surface area contributed by atoms with E-state index in [0.717, 1.165) is 19.3 Å². The van der Waals surface area contributed by atoms with Gasteiger partial charge in [-0.15, -0.1) is 0 Å². The Balaban J connectivity index is 2.14. The topological polar surface area (TPSA) is 32.7 Å². The molecule has 3 unspecified atom stereocenters. The summed E-state index contributed by atoms with van der Waals surface area (Å²) < 4.78 is 5.55. The van der Waals surface area contributed by atoms with Crippen molar-refractivity contribution in [3.63, 3.8) is 0 Å². The van der Waals surface area contributed by atoms with E-state index in [1.807, 2.05) is 0 Å². The van der Waals surface area contributed by atoms with Crippen LogP contribution in [0.2, 0.25) is 0 Å². The van der Waals surface area contributed by atoms with Crippen molar-refractivity contribution in [1.29, 1.82) is 0 Å². The summed E-state index contributed by atoms with van der Waals surface area (Å²) in [6.07, 6.45) is 2.90. The van der Waals surface area contributed by atoms with E-state index in [0.29, 0.717) is 12.1 Å². The van der Waals surface area contributed by atoms with Crippen LogP contribution < -0.4 is 0 Å². The van der Waals surface area contributed by atoms with Gasteiger partial charge in [0.1, 0.15) is 0 Å². The van der Waals surface area contributed by atoms with Gasteiger partial charge in [0.25, 0.3) is 0 Å². The first kappa shape index (κ1) is 11.4. The Labute approximate surface area is 92.4 Å². The van der Waals surface area contributed by atoms with E-state index in [1.165, 1.54) is 0 Å². The van der Waals surface area contributed by atoms with Crippen molar-refractivity contribution < 1.29 is 9.84 Å². The van der Waals surface area contributed by atoms with Crippen molar-refractivity contribution in [2.45, 2.75) is 64.5 Å². The minimum Gasteiger partial charge on any atom is -0.367 e. The molecule has 2 fully saturated rings. The summed E-state index contributed by atoms with van der Waals surface area (Å²) >= 11 is 0. The Morgan fingerprint density at radius 2 is 2.00 bits per heavy atom. The molecule has 0 aromatic carbocycles. The van der Waals surface area contributed by atoms with Gasteiger partial charge in [-0.05, 0) is 47.1 Å². The lowest BCUT2D eigenvalue weighted by atomic mass is 9.86. The quantitative estimate of drug-likeness (QED) is 0.756. The molecule has 0 aromatic rings. The first-order chi connectivity index (χ1) is 6.97. The smallest absolute Gasteiger partial charge is 0.162 e. The van der Waals surface area contributed by atoms with E-state index in [9.17, 15) is 5.11 Å². The Morgan fingerprint density at radius 1 is 1.40 bits per heavy atom. The van der Waals surface area contributed by atoms with Crippen LogP contribution in [0.15, 0.2) is 0 Å². The third-order valence-electron chi connectivity index (χ3n) is 4.21. The van der Waals surface area contributed by atoms with Gasteiger partial charge in [0, 0.05) is 17.5 Å². The second kappa shape index (κ2) is 3.72. The van der Waals surface area contributed by atoms with Gasteiger partial charge in [-0.2, -0.15) is 0 Å². The summed E-state index contributed by atoms with van der Waals surface area (Å²) in [5, 5.41) is 10.0. The van der Waals surface area contributed by atoms with Crippen LogP contribution in [-0.4, -0.2) is 41.5 Å². The van der Waals surface area contributed by atoms with Crippen LogP contribution in [0.5, 0.6) is 0 Å². The molecule has 1 spiro atoms. The van der Waals surface area contributed by atoms with Crippen molar-refractivity contribution in [1.82, 2.24) is 4.90 Å². The molecule has 0 radical (unpaired) electrons. The molecule has 1 N–H and O–H groups in total.